The van der Waals surface area contributed by atoms with Gasteiger partial charge in [0.1, 0.15) is 0 Å². The number of rotatable bonds is 1. The van der Waals surface area contributed by atoms with Gasteiger partial charge in [0, 0.05) is 11.5 Å². The van der Waals surface area contributed by atoms with Crippen LogP contribution in [0.15, 0.2) is 12.3 Å². The molecule has 0 amide bonds. The molecule has 10 heavy (non-hydrogen) atoms. The van der Waals surface area contributed by atoms with Crippen molar-refractivity contribution in [3.05, 3.63) is 23.2 Å². The fourth-order valence-corrected chi connectivity index (χ4v) is 0.921. The van der Waals surface area contributed by atoms with Crippen molar-refractivity contribution in [2.75, 3.05) is 0 Å². The van der Waals surface area contributed by atoms with Crippen LogP contribution < -0.4 is 0 Å². The summed E-state index contributed by atoms with van der Waals surface area (Å²) in [6.07, 6.45) is 1.63. The fraction of sp³-hybridized carbons (Fsp3) is 0.200. The van der Waals surface area contributed by atoms with Crippen LogP contribution in [0.4, 0.5) is 0 Å². The van der Waals surface area contributed by atoms with Crippen molar-refractivity contribution >= 4 is 44.5 Å². The second-order valence-electron chi connectivity index (χ2n) is 1.45. The molecule has 56 valence electrons. The molecule has 0 aliphatic heterocycles. The van der Waals surface area contributed by atoms with Crippen molar-refractivity contribution in [1.82, 2.24) is 9.97 Å². The Balaban J connectivity index is 0.000000810. The predicted molar refractivity (Wildman–Crippen MR) is 50.0 cm³/mol. The lowest BCUT2D eigenvalue weighted by atomic mass is 10.5. The van der Waals surface area contributed by atoms with E-state index in [-0.39, 0.29) is 17.0 Å². The molecule has 5 heteroatoms. The Labute approximate surface area is 82.9 Å². The van der Waals surface area contributed by atoms with Crippen LogP contribution in [0, 0.1) is 0 Å². The average molecular weight is 288 g/mol. The van der Waals surface area contributed by atoms with E-state index in [0.717, 1.165) is 11.0 Å². The number of nitrogens with zero attached hydrogens (tertiary/aromatic N) is 2. The first kappa shape index (κ1) is 10.3. The highest BCUT2D eigenvalue weighted by molar-refractivity contribution is 9.08. The Morgan fingerprint density at radius 3 is 2.70 bits per heavy atom. The van der Waals surface area contributed by atoms with Gasteiger partial charge in [-0.2, -0.15) is 0 Å². The van der Waals surface area contributed by atoms with Gasteiger partial charge < -0.3 is 0 Å². The number of aromatic nitrogens is 2. The second kappa shape index (κ2) is 5.04. The lowest BCUT2D eigenvalue weighted by Gasteiger charge is -1.91. The molecule has 0 aromatic carbocycles. The van der Waals surface area contributed by atoms with Crippen LogP contribution in [0.25, 0.3) is 0 Å². The van der Waals surface area contributed by atoms with E-state index in [1.807, 2.05) is 0 Å². The molecule has 0 aliphatic carbocycles. The minimum Gasteiger partial charge on any atom is -0.227 e. The third kappa shape index (κ3) is 2.94. The van der Waals surface area contributed by atoms with E-state index in [0.29, 0.717) is 5.28 Å². The summed E-state index contributed by atoms with van der Waals surface area (Å²) in [7, 11) is 0. The molecular formula is C5H5Br2ClN2. The van der Waals surface area contributed by atoms with E-state index in [1.165, 1.54) is 0 Å². The van der Waals surface area contributed by atoms with E-state index in [1.54, 1.807) is 12.3 Å². The second-order valence-corrected chi connectivity index (χ2v) is 2.35. The number of alkyl halides is 1. The van der Waals surface area contributed by atoms with E-state index in [4.69, 9.17) is 11.6 Å². The van der Waals surface area contributed by atoms with Crippen LogP contribution in [0.2, 0.25) is 5.28 Å². The molecule has 0 fully saturated rings. The van der Waals surface area contributed by atoms with Crippen molar-refractivity contribution in [2.45, 2.75) is 5.33 Å². The summed E-state index contributed by atoms with van der Waals surface area (Å²) in [4.78, 5) is 7.62. The van der Waals surface area contributed by atoms with E-state index in [9.17, 15) is 0 Å². The standard InChI is InChI=1S/C5H4BrClN2.BrH/c6-3-4-1-2-8-5(7)9-4;/h1-2H,3H2;1H. The average Bonchev–Trinajstić information content (AvgIpc) is 1.88. The van der Waals surface area contributed by atoms with Crippen LogP contribution in [0.1, 0.15) is 5.69 Å². The molecule has 0 saturated heterocycles. The van der Waals surface area contributed by atoms with Gasteiger partial charge in [0.2, 0.25) is 5.28 Å². The largest absolute Gasteiger partial charge is 0.227 e. The van der Waals surface area contributed by atoms with Gasteiger partial charge in [-0.3, -0.25) is 0 Å². The first-order valence-electron chi connectivity index (χ1n) is 2.36. The maximum atomic E-state index is 5.48. The molecule has 2 nitrogen and oxygen atoms in total. The van der Waals surface area contributed by atoms with Gasteiger partial charge in [-0.05, 0) is 17.7 Å². The molecule has 1 aromatic heterocycles. The highest BCUT2D eigenvalue weighted by Gasteiger charge is 1.91. The molecular weight excluding hydrogens is 283 g/mol. The summed E-state index contributed by atoms with van der Waals surface area (Å²) >= 11 is 8.72. The molecule has 0 spiro atoms. The highest BCUT2D eigenvalue weighted by atomic mass is 79.9. The molecule has 0 N–H and O–H groups in total. The van der Waals surface area contributed by atoms with E-state index >= 15 is 0 Å². The highest BCUT2D eigenvalue weighted by Crippen LogP contribution is 2.03. The zero-order chi connectivity index (χ0) is 6.69. The minimum atomic E-state index is 0. The van der Waals surface area contributed by atoms with E-state index in [2.05, 4.69) is 25.9 Å². The van der Waals surface area contributed by atoms with Gasteiger partial charge >= 0.3 is 0 Å². The minimum absolute atomic E-state index is 0. The van der Waals surface area contributed by atoms with Crippen molar-refractivity contribution in [3.63, 3.8) is 0 Å². The first-order valence-corrected chi connectivity index (χ1v) is 3.86. The lowest BCUT2D eigenvalue weighted by molar-refractivity contribution is 1.09. The third-order valence-corrected chi connectivity index (χ3v) is 1.58. The Morgan fingerprint density at radius 2 is 2.30 bits per heavy atom. The fourth-order valence-electron chi connectivity index (χ4n) is 0.444. The number of hydrogen-bond acceptors (Lipinski definition) is 2. The Morgan fingerprint density at radius 1 is 1.60 bits per heavy atom. The Bertz CT molecular complexity index is 207. The van der Waals surface area contributed by atoms with Crippen LogP contribution >= 0.6 is 44.5 Å². The zero-order valence-electron chi connectivity index (χ0n) is 4.92. The van der Waals surface area contributed by atoms with Crippen LogP contribution in [-0.4, -0.2) is 9.97 Å². The number of halogens is 3. The van der Waals surface area contributed by atoms with Crippen molar-refractivity contribution in [2.24, 2.45) is 0 Å². The zero-order valence-corrected chi connectivity index (χ0v) is 8.98. The lowest BCUT2D eigenvalue weighted by Crippen LogP contribution is -1.85. The molecule has 0 aliphatic rings. The third-order valence-electron chi connectivity index (χ3n) is 0.821. The Kier molecular flexibility index (Phi) is 5.21. The van der Waals surface area contributed by atoms with Gasteiger partial charge in [0.05, 0.1) is 5.69 Å². The normalized spacial score (nSPS) is 8.60. The topological polar surface area (TPSA) is 25.8 Å². The predicted octanol–water partition coefficient (Wildman–Crippen LogP) is 2.60. The van der Waals surface area contributed by atoms with Gasteiger partial charge in [0.15, 0.2) is 0 Å². The SMILES string of the molecule is Br.Clc1nccc(CBr)n1. The van der Waals surface area contributed by atoms with Crippen LogP contribution in [-0.2, 0) is 5.33 Å². The maximum Gasteiger partial charge on any atom is 0.222 e. The number of hydrogen-bond donors (Lipinski definition) is 0. The Hall–Kier alpha value is 0.330. The first-order chi connectivity index (χ1) is 4.33. The summed E-state index contributed by atoms with van der Waals surface area (Å²) in [5.74, 6) is 0. The summed E-state index contributed by atoms with van der Waals surface area (Å²) in [6.45, 7) is 0. The monoisotopic (exact) mass is 286 g/mol. The summed E-state index contributed by atoms with van der Waals surface area (Å²) in [6, 6.07) is 1.81. The van der Waals surface area contributed by atoms with E-state index < -0.39 is 0 Å². The van der Waals surface area contributed by atoms with Gasteiger partial charge in [-0.25, -0.2) is 9.97 Å². The maximum absolute atomic E-state index is 5.48. The van der Waals surface area contributed by atoms with Gasteiger partial charge in [0.25, 0.3) is 0 Å². The summed E-state index contributed by atoms with van der Waals surface area (Å²) in [5.41, 5.74) is 0.898. The smallest absolute Gasteiger partial charge is 0.222 e. The summed E-state index contributed by atoms with van der Waals surface area (Å²) in [5, 5.41) is 1.02. The van der Waals surface area contributed by atoms with Crippen molar-refractivity contribution in [3.8, 4) is 0 Å². The molecule has 1 heterocycles. The summed E-state index contributed by atoms with van der Waals surface area (Å²) < 4.78 is 0. The molecule has 0 atom stereocenters. The van der Waals surface area contributed by atoms with Crippen LogP contribution in [0.3, 0.4) is 0 Å². The molecule has 0 saturated carbocycles. The van der Waals surface area contributed by atoms with Crippen molar-refractivity contribution in [1.29, 1.82) is 0 Å². The van der Waals surface area contributed by atoms with Crippen LogP contribution in [0.5, 0.6) is 0 Å². The molecule has 0 unspecified atom stereocenters. The molecule has 0 bridgehead atoms. The molecule has 1 rings (SSSR count). The van der Waals surface area contributed by atoms with Gasteiger partial charge in [-0.15, -0.1) is 17.0 Å². The molecule has 1 aromatic rings. The van der Waals surface area contributed by atoms with Crippen molar-refractivity contribution < 1.29 is 0 Å². The molecule has 0 radical (unpaired) electrons. The quantitative estimate of drug-likeness (QED) is 0.586. The van der Waals surface area contributed by atoms with Gasteiger partial charge in [-0.1, -0.05) is 15.9 Å².